The normalized spacial score (nSPS) is 9.47. The zero-order valence-electron chi connectivity index (χ0n) is 8.12. The molecular weight excluding hydrogens is 182 g/mol. The smallest absolute Gasteiger partial charge is 0.0406 e. The summed E-state index contributed by atoms with van der Waals surface area (Å²) in [6.07, 6.45) is 10.7. The highest BCUT2D eigenvalue weighted by Gasteiger charge is 2.00. The molecule has 0 atom stereocenters. The summed E-state index contributed by atoms with van der Waals surface area (Å²) >= 11 is 0. The fourth-order valence-electron chi connectivity index (χ4n) is 1.57. The van der Waals surface area contributed by atoms with Gasteiger partial charge in [-0.25, -0.2) is 0 Å². The highest BCUT2D eigenvalue weighted by Crippen LogP contribution is 2.23. The molecule has 15 heavy (non-hydrogen) atoms. The molecule has 0 saturated heterocycles. The van der Waals surface area contributed by atoms with Crippen LogP contribution in [0.15, 0.2) is 30.3 Å². The quantitative estimate of drug-likeness (QED) is 0.502. The van der Waals surface area contributed by atoms with Crippen molar-refractivity contribution in [1.29, 1.82) is 0 Å². The van der Waals surface area contributed by atoms with Gasteiger partial charge in [-0.15, -0.1) is 12.8 Å². The molecule has 0 spiro atoms. The van der Waals surface area contributed by atoms with Crippen molar-refractivity contribution in [3.05, 3.63) is 41.5 Å². The molecule has 0 fully saturated rings. The Labute approximate surface area is 88.9 Å². The van der Waals surface area contributed by atoms with Crippen LogP contribution >= 0.6 is 0 Å². The maximum Gasteiger partial charge on any atom is 0.0406 e. The number of rotatable bonds is 0. The number of nitrogens with two attached hydrogens (primary N) is 1. The topological polar surface area (TPSA) is 26.0 Å². The summed E-state index contributed by atoms with van der Waals surface area (Å²) < 4.78 is 0. The van der Waals surface area contributed by atoms with Crippen LogP contribution in [0.5, 0.6) is 0 Å². The number of benzene rings is 2. The van der Waals surface area contributed by atoms with E-state index in [0.29, 0.717) is 5.69 Å². The Kier molecular flexibility index (Phi) is 2.08. The first-order valence-electron chi connectivity index (χ1n) is 4.51. The predicted octanol–water partition coefficient (Wildman–Crippen LogP) is 2.38. The molecular formula is C14H9N. The summed E-state index contributed by atoms with van der Waals surface area (Å²) in [5.41, 5.74) is 8.16. The molecule has 0 heterocycles. The van der Waals surface area contributed by atoms with E-state index in [0.717, 1.165) is 21.9 Å². The van der Waals surface area contributed by atoms with Gasteiger partial charge in [-0.3, -0.25) is 0 Å². The van der Waals surface area contributed by atoms with E-state index in [9.17, 15) is 0 Å². The van der Waals surface area contributed by atoms with E-state index >= 15 is 0 Å². The van der Waals surface area contributed by atoms with E-state index in [2.05, 4.69) is 11.8 Å². The highest BCUT2D eigenvalue weighted by atomic mass is 14.5. The summed E-state index contributed by atoms with van der Waals surface area (Å²) in [5.74, 6) is 5.15. The van der Waals surface area contributed by atoms with Gasteiger partial charge >= 0.3 is 0 Å². The number of anilines is 1. The van der Waals surface area contributed by atoms with Gasteiger partial charge in [-0.2, -0.15) is 0 Å². The molecule has 2 N–H and O–H groups in total. The minimum absolute atomic E-state index is 0.684. The Bertz CT molecular complexity index is 604. The summed E-state index contributed by atoms with van der Waals surface area (Å²) in [4.78, 5) is 0. The first-order valence-corrected chi connectivity index (χ1v) is 4.51. The van der Waals surface area contributed by atoms with Crippen molar-refractivity contribution in [3.8, 4) is 24.7 Å². The van der Waals surface area contributed by atoms with E-state index in [4.69, 9.17) is 18.6 Å². The van der Waals surface area contributed by atoms with Crippen molar-refractivity contribution in [2.45, 2.75) is 0 Å². The lowest BCUT2D eigenvalue weighted by atomic mass is 10.0. The molecule has 2 aromatic carbocycles. The average molecular weight is 191 g/mol. The van der Waals surface area contributed by atoms with Crippen LogP contribution in [0.1, 0.15) is 11.1 Å². The Balaban J connectivity index is 2.83. The fraction of sp³-hybridized carbons (Fsp3) is 0. The minimum Gasteiger partial charge on any atom is -0.398 e. The van der Waals surface area contributed by atoms with Gasteiger partial charge in [-0.05, 0) is 29.7 Å². The monoisotopic (exact) mass is 191 g/mol. The molecule has 0 aliphatic rings. The zero-order chi connectivity index (χ0) is 10.8. The molecule has 1 nitrogen and oxygen atoms in total. The van der Waals surface area contributed by atoms with Gasteiger partial charge in [-0.1, -0.05) is 17.9 Å². The first kappa shape index (κ1) is 9.19. The maximum atomic E-state index is 5.88. The molecule has 2 aromatic rings. The number of terminal acetylenes is 2. The third kappa shape index (κ3) is 1.52. The van der Waals surface area contributed by atoms with Crippen molar-refractivity contribution in [2.24, 2.45) is 0 Å². The van der Waals surface area contributed by atoms with E-state index in [1.807, 2.05) is 24.3 Å². The zero-order valence-corrected chi connectivity index (χ0v) is 8.12. The average Bonchev–Trinajstić information content (AvgIpc) is 2.28. The predicted molar refractivity (Wildman–Crippen MR) is 64.2 cm³/mol. The number of hydrogen-bond donors (Lipinski definition) is 1. The van der Waals surface area contributed by atoms with Gasteiger partial charge in [0, 0.05) is 22.2 Å². The minimum atomic E-state index is 0.684. The second-order valence-corrected chi connectivity index (χ2v) is 3.29. The van der Waals surface area contributed by atoms with Crippen LogP contribution in [0.4, 0.5) is 5.69 Å². The maximum absolute atomic E-state index is 5.88. The van der Waals surface area contributed by atoms with Gasteiger partial charge in [0.2, 0.25) is 0 Å². The van der Waals surface area contributed by atoms with Gasteiger partial charge in [0.15, 0.2) is 0 Å². The molecule has 0 radical (unpaired) electrons. The van der Waals surface area contributed by atoms with Crippen LogP contribution in [0, 0.1) is 24.7 Å². The van der Waals surface area contributed by atoms with Crippen molar-refractivity contribution in [2.75, 3.05) is 5.73 Å². The molecule has 0 aliphatic heterocycles. The van der Waals surface area contributed by atoms with Crippen molar-refractivity contribution in [3.63, 3.8) is 0 Å². The lowest BCUT2D eigenvalue weighted by Gasteiger charge is -2.03. The Morgan fingerprint density at radius 1 is 0.933 bits per heavy atom. The number of nitrogen functional groups attached to an aromatic ring is 1. The van der Waals surface area contributed by atoms with Crippen molar-refractivity contribution in [1.82, 2.24) is 0 Å². The summed E-state index contributed by atoms with van der Waals surface area (Å²) in [7, 11) is 0. The number of hydrogen-bond acceptors (Lipinski definition) is 1. The molecule has 0 aliphatic carbocycles. The van der Waals surface area contributed by atoms with Crippen molar-refractivity contribution >= 4 is 16.5 Å². The van der Waals surface area contributed by atoms with Crippen LogP contribution in [0.2, 0.25) is 0 Å². The Morgan fingerprint density at radius 3 is 2.27 bits per heavy atom. The van der Waals surface area contributed by atoms with Crippen LogP contribution in [0.3, 0.4) is 0 Å². The van der Waals surface area contributed by atoms with E-state index in [1.165, 1.54) is 0 Å². The second-order valence-electron chi connectivity index (χ2n) is 3.29. The molecule has 0 unspecified atom stereocenters. The lowest BCUT2D eigenvalue weighted by molar-refractivity contribution is 1.66. The first-order chi connectivity index (χ1) is 7.24. The molecule has 0 bridgehead atoms. The number of fused-ring (bicyclic) bond motifs is 1. The molecule has 1 heteroatoms. The van der Waals surface area contributed by atoms with Crippen LogP contribution in [-0.2, 0) is 0 Å². The largest absolute Gasteiger partial charge is 0.398 e. The SMILES string of the molecule is C#Cc1ccc2c(N)cc(C#C)cc2c1. The van der Waals surface area contributed by atoms with Crippen LogP contribution in [-0.4, -0.2) is 0 Å². The van der Waals surface area contributed by atoms with Gasteiger partial charge in [0.05, 0.1) is 0 Å². The third-order valence-electron chi connectivity index (χ3n) is 2.32. The van der Waals surface area contributed by atoms with E-state index < -0.39 is 0 Å². The standard InChI is InChI=1S/C14H9N/c1-3-10-5-6-13-12(7-10)8-11(4-2)9-14(13)15/h1-2,5-9H,15H2. The Morgan fingerprint density at radius 2 is 1.60 bits per heavy atom. The van der Waals surface area contributed by atoms with Gasteiger partial charge < -0.3 is 5.73 Å². The van der Waals surface area contributed by atoms with Gasteiger partial charge in [0.25, 0.3) is 0 Å². The van der Waals surface area contributed by atoms with E-state index in [1.54, 1.807) is 6.07 Å². The van der Waals surface area contributed by atoms with Crippen LogP contribution in [0.25, 0.3) is 10.8 Å². The molecule has 0 aromatic heterocycles. The van der Waals surface area contributed by atoms with Crippen molar-refractivity contribution < 1.29 is 0 Å². The lowest BCUT2D eigenvalue weighted by Crippen LogP contribution is -1.89. The second kappa shape index (κ2) is 3.40. The molecule has 0 amide bonds. The fourth-order valence-corrected chi connectivity index (χ4v) is 1.57. The summed E-state index contributed by atoms with van der Waals surface area (Å²) in [6, 6.07) is 9.39. The summed E-state index contributed by atoms with van der Waals surface area (Å²) in [6.45, 7) is 0. The van der Waals surface area contributed by atoms with E-state index in [-0.39, 0.29) is 0 Å². The highest BCUT2D eigenvalue weighted by molar-refractivity contribution is 5.94. The molecule has 70 valence electrons. The Hall–Kier alpha value is -2.38. The summed E-state index contributed by atoms with van der Waals surface area (Å²) in [5, 5.41) is 1.96. The molecule has 0 saturated carbocycles. The molecule has 2 rings (SSSR count). The van der Waals surface area contributed by atoms with Crippen LogP contribution < -0.4 is 5.73 Å². The third-order valence-corrected chi connectivity index (χ3v) is 2.32. The van der Waals surface area contributed by atoms with Gasteiger partial charge in [0.1, 0.15) is 0 Å².